The van der Waals surface area contributed by atoms with Gasteiger partial charge in [0.15, 0.2) is 0 Å². The van der Waals surface area contributed by atoms with Crippen molar-refractivity contribution in [3.8, 4) is 12.3 Å². The van der Waals surface area contributed by atoms with Crippen molar-refractivity contribution < 1.29 is 14.9 Å². The minimum absolute atomic E-state index is 0.129. The van der Waals surface area contributed by atoms with Gasteiger partial charge in [-0.25, -0.2) is 0 Å². The monoisotopic (exact) mass is 154 g/mol. The summed E-state index contributed by atoms with van der Waals surface area (Å²) in [7, 11) is 1.74. The van der Waals surface area contributed by atoms with Crippen molar-refractivity contribution in [1.29, 1.82) is 0 Å². The molecule has 60 valence electrons. The van der Waals surface area contributed by atoms with Gasteiger partial charge in [-0.15, -0.1) is 6.42 Å². The van der Waals surface area contributed by atoms with E-state index in [9.17, 15) is 5.11 Å². The summed E-state index contributed by atoms with van der Waals surface area (Å²) in [5.41, 5.74) is 0. The molecule has 11 heavy (non-hydrogen) atoms. The molecule has 2 N–H and O–H groups in total. The van der Waals surface area contributed by atoms with Crippen LogP contribution in [0.1, 0.15) is 0 Å². The summed E-state index contributed by atoms with van der Waals surface area (Å²) in [6.45, 7) is -0.129. The number of ether oxygens (including phenoxy) is 1. The molecule has 1 rings (SSSR count). The zero-order chi connectivity index (χ0) is 8.43. The van der Waals surface area contributed by atoms with Gasteiger partial charge in [0.1, 0.15) is 7.85 Å². The van der Waals surface area contributed by atoms with Crippen LogP contribution >= 0.6 is 0 Å². The van der Waals surface area contributed by atoms with Crippen molar-refractivity contribution in [3.05, 3.63) is 0 Å². The summed E-state index contributed by atoms with van der Waals surface area (Å²) < 4.78 is 5.18. The number of terminal acetylenes is 1. The standard InChI is InChI=1S/C7H11BO3/c1-2-4-5(3-9)11-7(8)6(4)10/h1,4-7,9-10H,3,8H2/t4-,5-,6-,7-/m1/s1. The van der Waals surface area contributed by atoms with Crippen LogP contribution in [0.2, 0.25) is 0 Å². The van der Waals surface area contributed by atoms with Gasteiger partial charge in [-0.3, -0.25) is 0 Å². The van der Waals surface area contributed by atoms with Gasteiger partial charge in [-0.1, -0.05) is 5.92 Å². The van der Waals surface area contributed by atoms with Gasteiger partial charge in [-0.2, -0.15) is 0 Å². The average molecular weight is 154 g/mol. The van der Waals surface area contributed by atoms with Crippen LogP contribution in [0.25, 0.3) is 0 Å². The Hall–Kier alpha value is -0.495. The second kappa shape index (κ2) is 3.27. The Morgan fingerprint density at radius 2 is 2.27 bits per heavy atom. The maximum Gasteiger partial charge on any atom is 0.142 e. The van der Waals surface area contributed by atoms with Crippen LogP contribution in [0.4, 0.5) is 0 Å². The molecule has 0 amide bonds. The highest BCUT2D eigenvalue weighted by Gasteiger charge is 2.39. The van der Waals surface area contributed by atoms with Gasteiger partial charge in [0.25, 0.3) is 0 Å². The maximum absolute atomic E-state index is 9.38. The van der Waals surface area contributed by atoms with Gasteiger partial charge in [0.05, 0.1) is 30.7 Å². The highest BCUT2D eigenvalue weighted by molar-refractivity contribution is 6.11. The molecule has 1 aliphatic rings. The molecular formula is C7H11BO3. The molecule has 0 radical (unpaired) electrons. The van der Waals surface area contributed by atoms with E-state index in [1.54, 1.807) is 7.85 Å². The zero-order valence-electron chi connectivity index (χ0n) is 6.40. The van der Waals surface area contributed by atoms with Crippen molar-refractivity contribution in [3.63, 3.8) is 0 Å². The molecule has 0 aromatic carbocycles. The van der Waals surface area contributed by atoms with Crippen LogP contribution in [-0.2, 0) is 4.74 Å². The molecule has 0 aliphatic carbocycles. The van der Waals surface area contributed by atoms with Crippen molar-refractivity contribution in [1.82, 2.24) is 0 Å². The fraction of sp³-hybridized carbons (Fsp3) is 0.714. The normalized spacial score (nSPS) is 43.7. The van der Waals surface area contributed by atoms with E-state index in [1.165, 1.54) is 0 Å². The second-order valence-electron chi connectivity index (χ2n) is 2.75. The SMILES string of the molecule is B[C@@H]1O[C@H](CO)[C@@H](C#C)[C@H]1O. The first-order valence-electron chi connectivity index (χ1n) is 3.61. The highest BCUT2D eigenvalue weighted by Crippen LogP contribution is 2.24. The van der Waals surface area contributed by atoms with Crippen LogP contribution in [0.3, 0.4) is 0 Å². The molecule has 4 heteroatoms. The number of hydrogen-bond acceptors (Lipinski definition) is 3. The second-order valence-corrected chi connectivity index (χ2v) is 2.75. The summed E-state index contributed by atoms with van der Waals surface area (Å²) >= 11 is 0. The van der Waals surface area contributed by atoms with Crippen LogP contribution in [0, 0.1) is 18.3 Å². The van der Waals surface area contributed by atoms with E-state index in [0.29, 0.717) is 0 Å². The predicted octanol–water partition coefficient (Wildman–Crippen LogP) is -2.05. The van der Waals surface area contributed by atoms with E-state index < -0.39 is 12.2 Å². The number of aliphatic hydroxyl groups excluding tert-OH is 2. The topological polar surface area (TPSA) is 49.7 Å². The minimum Gasteiger partial charge on any atom is -0.394 e. The van der Waals surface area contributed by atoms with Crippen LogP contribution in [-0.4, -0.2) is 42.9 Å². The first-order chi connectivity index (χ1) is 5.20. The summed E-state index contributed by atoms with van der Waals surface area (Å²) in [6.07, 6.45) is 4.11. The van der Waals surface area contributed by atoms with Crippen LogP contribution in [0.5, 0.6) is 0 Å². The van der Waals surface area contributed by atoms with E-state index in [0.717, 1.165) is 0 Å². The summed E-state index contributed by atoms with van der Waals surface area (Å²) in [5.74, 6) is 2.04. The van der Waals surface area contributed by atoms with E-state index in [2.05, 4.69) is 5.92 Å². The van der Waals surface area contributed by atoms with Gasteiger partial charge in [-0.05, 0) is 0 Å². The van der Waals surface area contributed by atoms with Crippen molar-refractivity contribution >= 4 is 7.85 Å². The van der Waals surface area contributed by atoms with Crippen molar-refractivity contribution in [2.75, 3.05) is 6.61 Å². The summed E-state index contributed by atoms with van der Waals surface area (Å²) in [5, 5.41) is 18.2. The molecule has 3 nitrogen and oxygen atoms in total. The van der Waals surface area contributed by atoms with E-state index in [1.807, 2.05) is 0 Å². The molecule has 0 unspecified atom stereocenters. The third kappa shape index (κ3) is 1.41. The molecule has 1 fully saturated rings. The lowest BCUT2D eigenvalue weighted by Gasteiger charge is -2.10. The molecular weight excluding hydrogens is 143 g/mol. The summed E-state index contributed by atoms with van der Waals surface area (Å²) in [4.78, 5) is 0. The van der Waals surface area contributed by atoms with E-state index >= 15 is 0 Å². The number of aliphatic hydroxyl groups is 2. The Kier molecular flexibility index (Phi) is 2.55. The summed E-state index contributed by atoms with van der Waals surface area (Å²) in [6, 6.07) is -0.270. The number of rotatable bonds is 1. The molecule has 4 atom stereocenters. The lowest BCUT2D eigenvalue weighted by molar-refractivity contribution is 0.0277. The Labute approximate surface area is 66.8 Å². The maximum atomic E-state index is 9.38. The molecule has 0 aromatic heterocycles. The smallest absolute Gasteiger partial charge is 0.142 e. The first kappa shape index (κ1) is 8.60. The predicted molar refractivity (Wildman–Crippen MR) is 42.6 cm³/mol. The minimum atomic E-state index is -0.642. The fourth-order valence-corrected chi connectivity index (χ4v) is 1.32. The number of hydrogen-bond donors (Lipinski definition) is 2. The molecule has 0 aromatic rings. The Morgan fingerprint density at radius 3 is 2.64 bits per heavy atom. The van der Waals surface area contributed by atoms with E-state index in [4.69, 9.17) is 16.3 Å². The fourth-order valence-electron chi connectivity index (χ4n) is 1.32. The molecule has 0 bridgehead atoms. The zero-order valence-corrected chi connectivity index (χ0v) is 6.40. The van der Waals surface area contributed by atoms with Gasteiger partial charge < -0.3 is 14.9 Å². The van der Waals surface area contributed by atoms with Gasteiger partial charge in [0.2, 0.25) is 0 Å². The molecule has 1 saturated heterocycles. The van der Waals surface area contributed by atoms with Crippen molar-refractivity contribution in [2.45, 2.75) is 18.2 Å². The lowest BCUT2D eigenvalue weighted by Crippen LogP contribution is -2.27. The third-order valence-electron chi connectivity index (χ3n) is 2.01. The molecule has 1 heterocycles. The van der Waals surface area contributed by atoms with Gasteiger partial charge in [0, 0.05) is 0 Å². The Bertz CT molecular complexity index is 177. The Balaban J connectivity index is 2.66. The third-order valence-corrected chi connectivity index (χ3v) is 2.01. The average Bonchev–Trinajstić information content (AvgIpc) is 2.28. The molecule has 1 aliphatic heterocycles. The van der Waals surface area contributed by atoms with E-state index in [-0.39, 0.29) is 18.5 Å². The first-order valence-corrected chi connectivity index (χ1v) is 3.61. The largest absolute Gasteiger partial charge is 0.394 e. The quantitative estimate of drug-likeness (QED) is 0.337. The highest BCUT2D eigenvalue weighted by atomic mass is 16.5. The molecule has 0 spiro atoms. The van der Waals surface area contributed by atoms with Crippen LogP contribution < -0.4 is 0 Å². The lowest BCUT2D eigenvalue weighted by atomic mass is 9.88. The molecule has 0 saturated carbocycles. The van der Waals surface area contributed by atoms with Gasteiger partial charge >= 0.3 is 0 Å². The van der Waals surface area contributed by atoms with Crippen molar-refractivity contribution in [2.24, 2.45) is 5.92 Å². The Morgan fingerprint density at radius 1 is 1.64 bits per heavy atom. The van der Waals surface area contributed by atoms with Crippen LogP contribution in [0.15, 0.2) is 0 Å².